The number of fused-ring (bicyclic) bond motifs is 1. The summed E-state index contributed by atoms with van der Waals surface area (Å²) in [4.78, 5) is 30.3. The van der Waals surface area contributed by atoms with Gasteiger partial charge in [-0.1, -0.05) is 35.5 Å². The molecule has 158 valence electrons. The van der Waals surface area contributed by atoms with E-state index in [2.05, 4.69) is 10.3 Å². The third-order valence-electron chi connectivity index (χ3n) is 4.28. The lowest BCUT2D eigenvalue weighted by molar-refractivity contribution is -0.119. The maximum absolute atomic E-state index is 13.3. The maximum Gasteiger partial charge on any atom is 0.266 e. The van der Waals surface area contributed by atoms with Gasteiger partial charge in [0.2, 0.25) is 5.91 Å². The van der Waals surface area contributed by atoms with E-state index in [1.165, 1.54) is 11.7 Å². The second-order valence-electron chi connectivity index (χ2n) is 6.58. The fourth-order valence-electron chi connectivity index (χ4n) is 3.00. The van der Waals surface area contributed by atoms with Gasteiger partial charge in [-0.15, -0.1) is 0 Å². The van der Waals surface area contributed by atoms with Crippen LogP contribution in [-0.4, -0.2) is 48.1 Å². The topological polar surface area (TPSA) is 82.5 Å². The lowest BCUT2D eigenvalue weighted by Gasteiger charge is -2.16. The molecule has 0 aliphatic carbocycles. The molecule has 1 unspecified atom stereocenters. The minimum absolute atomic E-state index is 0.0850. The molecule has 2 aromatic carbocycles. The van der Waals surface area contributed by atoms with Crippen molar-refractivity contribution >= 4 is 40.2 Å². The Kier molecular flexibility index (Phi) is 7.36. The number of halogens is 1. The molecule has 30 heavy (non-hydrogen) atoms. The van der Waals surface area contributed by atoms with Crippen molar-refractivity contribution in [2.75, 3.05) is 26.6 Å². The normalized spacial score (nSPS) is 12.0. The predicted octanol–water partition coefficient (Wildman–Crippen LogP) is 3.29. The third kappa shape index (κ3) is 4.95. The first-order valence-electron chi connectivity index (χ1n) is 9.21. The lowest BCUT2D eigenvalue weighted by Crippen LogP contribution is -2.36. The molecule has 1 N–H and O–H groups in total. The Morgan fingerprint density at radius 1 is 1.27 bits per heavy atom. The smallest absolute Gasteiger partial charge is 0.266 e. The molecule has 0 saturated heterocycles. The van der Waals surface area contributed by atoms with Gasteiger partial charge < -0.3 is 14.8 Å². The van der Waals surface area contributed by atoms with Gasteiger partial charge in [0.25, 0.3) is 5.56 Å². The number of aromatic nitrogens is 2. The highest BCUT2D eigenvalue weighted by molar-refractivity contribution is 7.99. The highest BCUT2D eigenvalue weighted by atomic mass is 35.5. The summed E-state index contributed by atoms with van der Waals surface area (Å²) in [7, 11) is 3.11. The summed E-state index contributed by atoms with van der Waals surface area (Å²) in [6.07, 6.45) is 0. The molecular formula is C21H22ClN3O4S. The Labute approximate surface area is 183 Å². The van der Waals surface area contributed by atoms with Gasteiger partial charge in [-0.05, 0) is 37.3 Å². The van der Waals surface area contributed by atoms with E-state index >= 15 is 0 Å². The quantitative estimate of drug-likeness (QED) is 0.421. The van der Waals surface area contributed by atoms with Crippen molar-refractivity contribution in [3.8, 4) is 11.4 Å². The minimum Gasteiger partial charge on any atom is -0.495 e. The van der Waals surface area contributed by atoms with Crippen molar-refractivity contribution in [2.24, 2.45) is 0 Å². The van der Waals surface area contributed by atoms with Crippen molar-refractivity contribution in [3.63, 3.8) is 0 Å². The number of rotatable bonds is 8. The molecule has 0 aliphatic heterocycles. The molecule has 0 radical (unpaired) electrons. The maximum atomic E-state index is 13.3. The molecule has 1 amide bonds. The van der Waals surface area contributed by atoms with Crippen LogP contribution >= 0.6 is 23.4 Å². The summed E-state index contributed by atoms with van der Waals surface area (Å²) in [5.41, 5.74) is 0.746. The zero-order valence-electron chi connectivity index (χ0n) is 16.8. The Balaban J connectivity index is 2.05. The van der Waals surface area contributed by atoms with Gasteiger partial charge in [0.1, 0.15) is 5.75 Å². The zero-order valence-corrected chi connectivity index (χ0v) is 18.4. The van der Waals surface area contributed by atoms with Crippen LogP contribution in [0.2, 0.25) is 5.02 Å². The van der Waals surface area contributed by atoms with Crippen LogP contribution in [0.4, 0.5) is 0 Å². The first-order valence-corrected chi connectivity index (χ1v) is 10.6. The molecule has 0 aliphatic rings. The molecule has 0 fully saturated rings. The second-order valence-corrected chi connectivity index (χ2v) is 7.96. The molecule has 3 aromatic rings. The average Bonchev–Trinajstić information content (AvgIpc) is 2.72. The lowest BCUT2D eigenvalue weighted by atomic mass is 10.2. The number of ether oxygens (including phenoxy) is 2. The summed E-state index contributed by atoms with van der Waals surface area (Å²) >= 11 is 7.26. The van der Waals surface area contributed by atoms with E-state index in [-0.39, 0.29) is 23.3 Å². The van der Waals surface area contributed by atoms with E-state index in [4.69, 9.17) is 21.1 Å². The number of hydrogen-bond acceptors (Lipinski definition) is 6. The molecule has 0 spiro atoms. The van der Waals surface area contributed by atoms with Crippen LogP contribution in [0.1, 0.15) is 6.92 Å². The van der Waals surface area contributed by atoms with Crippen LogP contribution < -0.4 is 15.6 Å². The van der Waals surface area contributed by atoms with E-state index in [0.717, 1.165) is 11.8 Å². The third-order valence-corrected chi connectivity index (χ3v) is 5.46. The number of hydrogen-bond donors (Lipinski definition) is 1. The molecule has 9 heteroatoms. The van der Waals surface area contributed by atoms with Crippen molar-refractivity contribution < 1.29 is 14.3 Å². The van der Waals surface area contributed by atoms with Gasteiger partial charge in [-0.3, -0.25) is 14.2 Å². The fraction of sp³-hybridized carbons (Fsp3) is 0.286. The van der Waals surface area contributed by atoms with Crippen LogP contribution in [0.25, 0.3) is 16.6 Å². The summed E-state index contributed by atoms with van der Waals surface area (Å²) in [5.74, 6) is 0.424. The number of methoxy groups -OCH3 is 2. The van der Waals surface area contributed by atoms with Crippen molar-refractivity contribution in [1.29, 1.82) is 0 Å². The van der Waals surface area contributed by atoms with Crippen LogP contribution in [0, 0.1) is 0 Å². The van der Waals surface area contributed by atoms with E-state index < -0.39 is 0 Å². The first kappa shape index (κ1) is 22.1. The SMILES string of the molecule is COCC(C)NC(=O)CSc1nc2cc(Cl)ccc2c(=O)n1-c1ccccc1OC. The van der Waals surface area contributed by atoms with Gasteiger partial charge in [-0.2, -0.15) is 0 Å². The Bertz CT molecular complexity index is 1120. The molecule has 0 bridgehead atoms. The van der Waals surface area contributed by atoms with E-state index in [1.807, 2.05) is 19.1 Å². The predicted molar refractivity (Wildman–Crippen MR) is 119 cm³/mol. The molecule has 7 nitrogen and oxygen atoms in total. The zero-order chi connectivity index (χ0) is 21.7. The standard InChI is InChI=1S/C21H22ClN3O4S/c1-13(11-28-2)23-19(26)12-30-21-24-16-10-14(22)8-9-15(16)20(27)25(21)17-6-4-5-7-18(17)29-3/h4-10,13H,11-12H2,1-3H3,(H,23,26). The number of para-hydroxylation sites is 2. The van der Waals surface area contributed by atoms with Crippen LogP contribution in [0.15, 0.2) is 52.4 Å². The van der Waals surface area contributed by atoms with Gasteiger partial charge in [0.05, 0.1) is 36.1 Å². The molecule has 1 heterocycles. The number of thioether (sulfide) groups is 1. The monoisotopic (exact) mass is 447 g/mol. The molecule has 1 atom stereocenters. The number of nitrogens with one attached hydrogen (secondary N) is 1. The number of benzene rings is 2. The summed E-state index contributed by atoms with van der Waals surface area (Å²) in [5, 5.41) is 4.12. The van der Waals surface area contributed by atoms with Gasteiger partial charge in [0.15, 0.2) is 5.16 Å². The highest BCUT2D eigenvalue weighted by Gasteiger charge is 2.18. The van der Waals surface area contributed by atoms with Crippen molar-refractivity contribution in [2.45, 2.75) is 18.1 Å². The highest BCUT2D eigenvalue weighted by Crippen LogP contribution is 2.27. The van der Waals surface area contributed by atoms with Crippen LogP contribution in [-0.2, 0) is 9.53 Å². The molecular weight excluding hydrogens is 426 g/mol. The second kappa shape index (κ2) is 9.97. The number of carbonyl (C=O) groups excluding carboxylic acids is 1. The Morgan fingerprint density at radius 3 is 2.77 bits per heavy atom. The van der Waals surface area contributed by atoms with E-state index in [1.54, 1.807) is 37.4 Å². The number of nitrogens with zero attached hydrogens (tertiary/aromatic N) is 2. The fourth-order valence-corrected chi connectivity index (χ4v) is 3.98. The van der Waals surface area contributed by atoms with E-state index in [9.17, 15) is 9.59 Å². The first-order chi connectivity index (χ1) is 14.4. The summed E-state index contributed by atoms with van der Waals surface area (Å²) in [6.45, 7) is 2.27. The number of carbonyl (C=O) groups is 1. The largest absolute Gasteiger partial charge is 0.495 e. The molecule has 3 rings (SSSR count). The minimum atomic E-state index is -0.267. The van der Waals surface area contributed by atoms with Crippen molar-refractivity contribution in [1.82, 2.24) is 14.9 Å². The van der Waals surface area contributed by atoms with Gasteiger partial charge >= 0.3 is 0 Å². The van der Waals surface area contributed by atoms with Crippen LogP contribution in [0.5, 0.6) is 5.75 Å². The summed E-state index contributed by atoms with van der Waals surface area (Å²) in [6, 6.07) is 12.0. The number of amides is 1. The molecule has 0 saturated carbocycles. The Morgan fingerprint density at radius 2 is 2.03 bits per heavy atom. The van der Waals surface area contributed by atoms with Gasteiger partial charge in [0, 0.05) is 18.2 Å². The molecule has 1 aromatic heterocycles. The summed E-state index contributed by atoms with van der Waals surface area (Å²) < 4.78 is 11.9. The van der Waals surface area contributed by atoms with E-state index in [0.29, 0.717) is 39.1 Å². The Hall–Kier alpha value is -2.55. The van der Waals surface area contributed by atoms with Crippen molar-refractivity contribution in [3.05, 3.63) is 57.8 Å². The van der Waals surface area contributed by atoms with Crippen LogP contribution in [0.3, 0.4) is 0 Å². The average molecular weight is 448 g/mol. The van der Waals surface area contributed by atoms with Gasteiger partial charge in [-0.25, -0.2) is 4.98 Å².